The van der Waals surface area contributed by atoms with Gasteiger partial charge in [-0.05, 0) is 29.8 Å². The van der Waals surface area contributed by atoms with Crippen molar-refractivity contribution >= 4 is 22.7 Å². The van der Waals surface area contributed by atoms with E-state index in [4.69, 9.17) is 20.8 Å². The molecule has 0 spiro atoms. The number of aromatic nitrogens is 1. The highest BCUT2D eigenvalue weighted by Crippen LogP contribution is 2.35. The van der Waals surface area contributed by atoms with Crippen LogP contribution in [0.25, 0.3) is 22.2 Å². The Hall–Kier alpha value is -2.00. The predicted octanol–water partition coefficient (Wildman–Crippen LogP) is 4.16. The number of benzene rings is 2. The number of hydrogen-bond acceptors (Lipinski definition) is 3. The van der Waals surface area contributed by atoms with Crippen LogP contribution in [0.1, 0.15) is 0 Å². The first-order valence-corrected chi connectivity index (χ1v) is 5.83. The monoisotopic (exact) mass is 259 g/mol. The second-order valence-electron chi connectivity index (χ2n) is 3.85. The molecule has 0 unspecified atom stereocenters. The minimum atomic E-state index is 0.654. The summed E-state index contributed by atoms with van der Waals surface area (Å²) in [6.07, 6.45) is 1.42. The van der Waals surface area contributed by atoms with E-state index >= 15 is 0 Å². The Bertz CT molecular complexity index is 689. The summed E-state index contributed by atoms with van der Waals surface area (Å²) in [5.41, 5.74) is 3.36. The number of halogens is 1. The topological polar surface area (TPSA) is 35.3 Å². The first-order valence-electron chi connectivity index (χ1n) is 5.46. The van der Waals surface area contributed by atoms with E-state index in [0.29, 0.717) is 5.02 Å². The van der Waals surface area contributed by atoms with Gasteiger partial charge >= 0.3 is 0 Å². The van der Waals surface area contributed by atoms with Gasteiger partial charge in [-0.3, -0.25) is 0 Å². The molecule has 0 radical (unpaired) electrons. The van der Waals surface area contributed by atoms with Crippen LogP contribution in [-0.2, 0) is 0 Å². The van der Waals surface area contributed by atoms with E-state index in [1.54, 1.807) is 7.11 Å². The van der Waals surface area contributed by atoms with Crippen LogP contribution >= 0.6 is 11.6 Å². The molecule has 3 rings (SSSR count). The molecule has 18 heavy (non-hydrogen) atoms. The molecule has 0 fully saturated rings. The molecular weight excluding hydrogens is 250 g/mol. The van der Waals surface area contributed by atoms with Crippen LogP contribution in [0.5, 0.6) is 5.75 Å². The molecule has 0 aliphatic heterocycles. The Morgan fingerprint density at radius 3 is 2.61 bits per heavy atom. The van der Waals surface area contributed by atoms with Crippen molar-refractivity contribution in [3.8, 4) is 16.9 Å². The van der Waals surface area contributed by atoms with E-state index in [1.807, 2.05) is 36.4 Å². The van der Waals surface area contributed by atoms with Crippen molar-refractivity contribution in [2.24, 2.45) is 0 Å². The highest BCUT2D eigenvalue weighted by Gasteiger charge is 2.11. The largest absolute Gasteiger partial charge is 0.497 e. The molecule has 90 valence electrons. The Kier molecular flexibility index (Phi) is 2.68. The fourth-order valence-electron chi connectivity index (χ4n) is 1.94. The third kappa shape index (κ3) is 1.73. The highest BCUT2D eigenvalue weighted by molar-refractivity contribution is 6.34. The molecule has 0 bridgehead atoms. The number of fused-ring (bicyclic) bond motifs is 1. The van der Waals surface area contributed by atoms with Gasteiger partial charge in [-0.1, -0.05) is 23.7 Å². The van der Waals surface area contributed by atoms with E-state index in [0.717, 1.165) is 28.0 Å². The summed E-state index contributed by atoms with van der Waals surface area (Å²) < 4.78 is 10.4. The van der Waals surface area contributed by atoms with Crippen LogP contribution < -0.4 is 4.74 Å². The lowest BCUT2D eigenvalue weighted by Crippen LogP contribution is -1.85. The molecule has 0 aliphatic rings. The zero-order chi connectivity index (χ0) is 12.5. The smallest absolute Gasteiger partial charge is 0.182 e. The number of methoxy groups -OCH3 is 1. The zero-order valence-corrected chi connectivity index (χ0v) is 10.4. The van der Waals surface area contributed by atoms with Gasteiger partial charge in [-0.15, -0.1) is 0 Å². The van der Waals surface area contributed by atoms with Crippen LogP contribution in [0.3, 0.4) is 0 Å². The number of nitrogens with zero attached hydrogens (tertiary/aromatic N) is 1. The van der Waals surface area contributed by atoms with Crippen LogP contribution in [0.2, 0.25) is 5.02 Å². The van der Waals surface area contributed by atoms with Crippen molar-refractivity contribution in [2.45, 2.75) is 0 Å². The second kappa shape index (κ2) is 4.35. The van der Waals surface area contributed by atoms with Crippen molar-refractivity contribution in [1.29, 1.82) is 0 Å². The molecule has 0 atom stereocenters. The maximum absolute atomic E-state index is 6.26. The quantitative estimate of drug-likeness (QED) is 0.693. The molecule has 3 aromatic rings. The number of rotatable bonds is 2. The zero-order valence-electron chi connectivity index (χ0n) is 9.68. The van der Waals surface area contributed by atoms with Gasteiger partial charge in [0.2, 0.25) is 0 Å². The molecule has 0 saturated carbocycles. The first kappa shape index (κ1) is 11.1. The molecule has 0 aliphatic carbocycles. The molecule has 1 heterocycles. The maximum atomic E-state index is 6.26. The molecule has 0 amide bonds. The molecule has 0 N–H and O–H groups in total. The van der Waals surface area contributed by atoms with Gasteiger partial charge in [-0.25, -0.2) is 4.98 Å². The summed E-state index contributed by atoms with van der Waals surface area (Å²) >= 11 is 6.26. The van der Waals surface area contributed by atoms with Crippen LogP contribution in [0.4, 0.5) is 0 Å². The standard InChI is InChI=1S/C14H10ClNO2/c1-17-10-4-2-9(3-5-10)13-11(15)6-7-12-14(13)16-8-18-12/h2-8H,1H3. The van der Waals surface area contributed by atoms with Crippen molar-refractivity contribution in [2.75, 3.05) is 7.11 Å². The van der Waals surface area contributed by atoms with E-state index in [1.165, 1.54) is 6.39 Å². The summed E-state index contributed by atoms with van der Waals surface area (Å²) in [5, 5.41) is 0.654. The number of ether oxygens (including phenoxy) is 1. The molecule has 1 aromatic heterocycles. The van der Waals surface area contributed by atoms with Crippen LogP contribution in [0, 0.1) is 0 Å². The third-order valence-electron chi connectivity index (χ3n) is 2.83. The summed E-state index contributed by atoms with van der Waals surface area (Å²) in [6, 6.07) is 11.3. The SMILES string of the molecule is COc1ccc(-c2c(Cl)ccc3ocnc23)cc1. The summed E-state index contributed by atoms with van der Waals surface area (Å²) in [6.45, 7) is 0. The van der Waals surface area contributed by atoms with Gasteiger partial charge in [0.05, 0.1) is 12.1 Å². The van der Waals surface area contributed by atoms with Crippen LogP contribution in [0.15, 0.2) is 47.2 Å². The maximum Gasteiger partial charge on any atom is 0.182 e. The summed E-state index contributed by atoms with van der Waals surface area (Å²) in [7, 11) is 1.64. The average molecular weight is 260 g/mol. The predicted molar refractivity (Wildman–Crippen MR) is 71.0 cm³/mol. The lowest BCUT2D eigenvalue weighted by molar-refractivity contribution is 0.415. The summed E-state index contributed by atoms with van der Waals surface area (Å²) in [5.74, 6) is 0.808. The van der Waals surface area contributed by atoms with Gasteiger partial charge in [0.1, 0.15) is 11.3 Å². The second-order valence-corrected chi connectivity index (χ2v) is 4.26. The van der Waals surface area contributed by atoms with Crippen molar-refractivity contribution in [3.63, 3.8) is 0 Å². The summed E-state index contributed by atoms with van der Waals surface area (Å²) in [4.78, 5) is 4.22. The normalized spacial score (nSPS) is 10.8. The van der Waals surface area contributed by atoms with Gasteiger partial charge in [0.25, 0.3) is 0 Å². The van der Waals surface area contributed by atoms with Crippen molar-refractivity contribution in [3.05, 3.63) is 47.8 Å². The van der Waals surface area contributed by atoms with Gasteiger partial charge in [0.15, 0.2) is 12.0 Å². The molecule has 4 heteroatoms. The molecular formula is C14H10ClNO2. The van der Waals surface area contributed by atoms with Crippen molar-refractivity contribution in [1.82, 2.24) is 4.98 Å². The van der Waals surface area contributed by atoms with E-state index in [9.17, 15) is 0 Å². The Morgan fingerprint density at radius 2 is 1.89 bits per heavy atom. The minimum Gasteiger partial charge on any atom is -0.497 e. The average Bonchev–Trinajstić information content (AvgIpc) is 2.87. The van der Waals surface area contributed by atoms with E-state index in [-0.39, 0.29) is 0 Å². The number of hydrogen-bond donors (Lipinski definition) is 0. The third-order valence-corrected chi connectivity index (χ3v) is 3.15. The Morgan fingerprint density at radius 1 is 1.11 bits per heavy atom. The molecule has 2 aromatic carbocycles. The Labute approximate surface area is 109 Å². The van der Waals surface area contributed by atoms with Gasteiger partial charge < -0.3 is 9.15 Å². The van der Waals surface area contributed by atoms with Gasteiger partial charge in [0, 0.05) is 5.56 Å². The lowest BCUT2D eigenvalue weighted by Gasteiger charge is -2.06. The molecule has 0 saturated heterocycles. The minimum absolute atomic E-state index is 0.654. The fraction of sp³-hybridized carbons (Fsp3) is 0.0714. The first-order chi connectivity index (χ1) is 8.79. The van der Waals surface area contributed by atoms with Crippen LogP contribution in [-0.4, -0.2) is 12.1 Å². The number of oxazole rings is 1. The Balaban J connectivity index is 2.23. The van der Waals surface area contributed by atoms with E-state index in [2.05, 4.69) is 4.98 Å². The fourth-order valence-corrected chi connectivity index (χ4v) is 2.20. The van der Waals surface area contributed by atoms with E-state index < -0.39 is 0 Å². The van der Waals surface area contributed by atoms with Gasteiger partial charge in [-0.2, -0.15) is 0 Å². The molecule has 3 nitrogen and oxygen atoms in total. The van der Waals surface area contributed by atoms with Crippen molar-refractivity contribution < 1.29 is 9.15 Å². The highest BCUT2D eigenvalue weighted by atomic mass is 35.5. The lowest BCUT2D eigenvalue weighted by atomic mass is 10.0.